The first-order chi connectivity index (χ1) is 11.9. The number of aryl methyl sites for hydroxylation is 1. The van der Waals surface area contributed by atoms with E-state index in [1.165, 1.54) is 6.07 Å². The molecule has 1 heterocycles. The van der Waals surface area contributed by atoms with Gasteiger partial charge in [-0.25, -0.2) is 13.1 Å². The van der Waals surface area contributed by atoms with Crippen LogP contribution >= 0.6 is 11.3 Å². The van der Waals surface area contributed by atoms with Crippen LogP contribution in [0.25, 0.3) is 0 Å². The number of ether oxygens (including phenoxy) is 1. The molecule has 25 heavy (non-hydrogen) atoms. The van der Waals surface area contributed by atoms with Gasteiger partial charge in [-0.3, -0.25) is 4.79 Å². The Bertz CT molecular complexity index is 771. The van der Waals surface area contributed by atoms with Crippen molar-refractivity contribution >= 4 is 27.3 Å². The summed E-state index contributed by atoms with van der Waals surface area (Å²) < 4.78 is 31.5. The molecule has 0 radical (unpaired) electrons. The number of hydrogen-bond acceptors (Lipinski definition) is 5. The molecule has 0 bridgehead atoms. The van der Waals surface area contributed by atoms with Crippen LogP contribution in [-0.2, 0) is 21.2 Å². The fourth-order valence-corrected chi connectivity index (χ4v) is 4.24. The molecule has 0 spiro atoms. The van der Waals surface area contributed by atoms with Crippen molar-refractivity contribution in [2.24, 2.45) is 0 Å². The second-order valence-corrected chi connectivity index (χ2v) is 8.55. The Kier molecular flexibility index (Phi) is 6.98. The molecule has 0 fully saturated rings. The smallest absolute Gasteiger partial charge is 0.250 e. The van der Waals surface area contributed by atoms with E-state index >= 15 is 0 Å². The molecule has 0 aliphatic heterocycles. The van der Waals surface area contributed by atoms with Gasteiger partial charge in [-0.15, -0.1) is 11.3 Å². The van der Waals surface area contributed by atoms with Crippen molar-refractivity contribution in [1.29, 1.82) is 0 Å². The van der Waals surface area contributed by atoms with Gasteiger partial charge in [0.05, 0.1) is 13.7 Å². The van der Waals surface area contributed by atoms with E-state index in [2.05, 4.69) is 10.0 Å². The Morgan fingerprint density at radius 3 is 2.56 bits per heavy atom. The van der Waals surface area contributed by atoms with E-state index in [1.807, 2.05) is 31.2 Å². The molecule has 0 saturated heterocycles. The maximum absolute atomic E-state index is 12.0. The van der Waals surface area contributed by atoms with Crippen LogP contribution < -0.4 is 14.8 Å². The van der Waals surface area contributed by atoms with Crippen LogP contribution in [0.5, 0.6) is 5.75 Å². The van der Waals surface area contributed by atoms with Crippen LogP contribution in [0.15, 0.2) is 46.0 Å². The van der Waals surface area contributed by atoms with Crippen LogP contribution in [0, 0.1) is 0 Å². The number of thiophene rings is 1. The van der Waals surface area contributed by atoms with E-state index in [9.17, 15) is 13.2 Å². The van der Waals surface area contributed by atoms with Crippen LogP contribution in [0.2, 0.25) is 0 Å². The lowest BCUT2D eigenvalue weighted by Crippen LogP contribution is -2.40. The third-order valence-corrected chi connectivity index (χ3v) is 6.41. The van der Waals surface area contributed by atoms with Crippen molar-refractivity contribution in [2.45, 2.75) is 30.0 Å². The zero-order valence-corrected chi connectivity index (χ0v) is 15.8. The molecule has 0 saturated carbocycles. The summed E-state index contributed by atoms with van der Waals surface area (Å²) in [4.78, 5) is 11.9. The van der Waals surface area contributed by atoms with E-state index in [-0.39, 0.29) is 22.7 Å². The molecule has 136 valence electrons. The van der Waals surface area contributed by atoms with Gasteiger partial charge < -0.3 is 10.1 Å². The fourth-order valence-electron chi connectivity index (χ4n) is 2.22. The SMILES string of the molecule is COc1ccc(CCC(C)NC(=O)CNS(=O)(=O)c2cccs2)cc1. The highest BCUT2D eigenvalue weighted by Gasteiger charge is 2.17. The Balaban J connectivity index is 1.74. The Morgan fingerprint density at radius 1 is 1.24 bits per heavy atom. The molecule has 1 unspecified atom stereocenters. The summed E-state index contributed by atoms with van der Waals surface area (Å²) in [5.74, 6) is 0.463. The average molecular weight is 383 g/mol. The second kappa shape index (κ2) is 8.98. The zero-order chi connectivity index (χ0) is 18.3. The quantitative estimate of drug-likeness (QED) is 0.696. The van der Waals surface area contributed by atoms with E-state index in [0.717, 1.165) is 35.5 Å². The van der Waals surface area contributed by atoms with Gasteiger partial charge in [0.1, 0.15) is 9.96 Å². The first-order valence-corrected chi connectivity index (χ1v) is 10.2. The standard InChI is InChI=1S/C17H22N2O4S2/c1-13(5-6-14-7-9-15(23-2)10-8-14)19-16(20)12-18-25(21,22)17-4-3-11-24-17/h3-4,7-11,13,18H,5-6,12H2,1-2H3,(H,19,20). The maximum Gasteiger partial charge on any atom is 0.250 e. The fraction of sp³-hybridized carbons (Fsp3) is 0.353. The average Bonchev–Trinajstić information content (AvgIpc) is 3.14. The minimum Gasteiger partial charge on any atom is -0.497 e. The number of carbonyl (C=O) groups excluding carboxylic acids is 1. The van der Waals surface area contributed by atoms with E-state index in [0.29, 0.717) is 0 Å². The van der Waals surface area contributed by atoms with Gasteiger partial charge in [0, 0.05) is 6.04 Å². The molecule has 2 N–H and O–H groups in total. The van der Waals surface area contributed by atoms with Gasteiger partial charge in [-0.1, -0.05) is 18.2 Å². The van der Waals surface area contributed by atoms with Crippen molar-refractivity contribution in [3.05, 3.63) is 47.3 Å². The predicted molar refractivity (Wildman–Crippen MR) is 98.4 cm³/mol. The molecule has 1 aromatic heterocycles. The van der Waals surface area contributed by atoms with Gasteiger partial charge in [0.15, 0.2) is 0 Å². The van der Waals surface area contributed by atoms with Crippen LogP contribution in [0.1, 0.15) is 18.9 Å². The molecule has 2 aromatic rings. The van der Waals surface area contributed by atoms with Gasteiger partial charge in [0.2, 0.25) is 5.91 Å². The molecule has 1 aromatic carbocycles. The van der Waals surface area contributed by atoms with Gasteiger partial charge >= 0.3 is 0 Å². The third-order valence-electron chi connectivity index (χ3n) is 3.62. The number of methoxy groups -OCH3 is 1. The van der Waals surface area contributed by atoms with Crippen molar-refractivity contribution in [3.8, 4) is 5.75 Å². The Hall–Kier alpha value is -1.90. The lowest BCUT2D eigenvalue weighted by molar-refractivity contribution is -0.120. The minimum atomic E-state index is -3.61. The number of nitrogens with one attached hydrogen (secondary N) is 2. The van der Waals surface area contributed by atoms with Gasteiger partial charge in [0.25, 0.3) is 10.0 Å². The number of amides is 1. The Morgan fingerprint density at radius 2 is 1.96 bits per heavy atom. The molecule has 8 heteroatoms. The van der Waals surface area contributed by atoms with Crippen molar-refractivity contribution < 1.29 is 17.9 Å². The zero-order valence-electron chi connectivity index (χ0n) is 14.2. The second-order valence-electron chi connectivity index (χ2n) is 5.61. The number of carbonyl (C=O) groups is 1. The summed E-state index contributed by atoms with van der Waals surface area (Å²) >= 11 is 1.11. The normalized spacial score (nSPS) is 12.6. The number of rotatable bonds is 9. The summed E-state index contributed by atoms with van der Waals surface area (Å²) in [5.41, 5.74) is 1.15. The summed E-state index contributed by atoms with van der Waals surface area (Å²) in [6, 6.07) is 10.9. The third kappa shape index (κ3) is 6.15. The molecule has 2 rings (SSSR count). The topological polar surface area (TPSA) is 84.5 Å². The first-order valence-electron chi connectivity index (χ1n) is 7.86. The number of sulfonamides is 1. The predicted octanol–water partition coefficient (Wildman–Crippen LogP) is 2.17. The van der Waals surface area contributed by atoms with Gasteiger partial charge in [-0.05, 0) is 48.9 Å². The van der Waals surface area contributed by atoms with Gasteiger partial charge in [-0.2, -0.15) is 0 Å². The van der Waals surface area contributed by atoms with Crippen molar-refractivity contribution in [2.75, 3.05) is 13.7 Å². The molecule has 0 aliphatic rings. The molecule has 0 aliphatic carbocycles. The molecular formula is C17H22N2O4S2. The van der Waals surface area contributed by atoms with E-state index < -0.39 is 10.0 Å². The molecule has 1 amide bonds. The highest BCUT2D eigenvalue weighted by atomic mass is 32.2. The lowest BCUT2D eigenvalue weighted by atomic mass is 10.1. The summed E-state index contributed by atoms with van der Waals surface area (Å²) in [6.45, 7) is 1.63. The Labute approximate surface area is 152 Å². The largest absolute Gasteiger partial charge is 0.497 e. The van der Waals surface area contributed by atoms with Crippen LogP contribution in [-0.4, -0.2) is 34.0 Å². The van der Waals surface area contributed by atoms with Crippen molar-refractivity contribution in [1.82, 2.24) is 10.0 Å². The van der Waals surface area contributed by atoms with Crippen molar-refractivity contribution in [3.63, 3.8) is 0 Å². The van der Waals surface area contributed by atoms with E-state index in [1.54, 1.807) is 18.6 Å². The highest BCUT2D eigenvalue weighted by Crippen LogP contribution is 2.15. The lowest BCUT2D eigenvalue weighted by Gasteiger charge is -2.14. The van der Waals surface area contributed by atoms with Crippen LogP contribution in [0.3, 0.4) is 0 Å². The first kappa shape index (κ1) is 19.4. The highest BCUT2D eigenvalue weighted by molar-refractivity contribution is 7.91. The molecular weight excluding hydrogens is 360 g/mol. The van der Waals surface area contributed by atoms with Crippen LogP contribution in [0.4, 0.5) is 0 Å². The summed E-state index contributed by atoms with van der Waals surface area (Å²) in [7, 11) is -1.99. The molecule has 6 nitrogen and oxygen atoms in total. The van der Waals surface area contributed by atoms with E-state index in [4.69, 9.17) is 4.74 Å². The molecule has 1 atom stereocenters. The maximum atomic E-state index is 12.0. The summed E-state index contributed by atoms with van der Waals surface area (Å²) in [5, 5.41) is 4.48. The monoisotopic (exact) mass is 382 g/mol. The summed E-state index contributed by atoms with van der Waals surface area (Å²) in [6.07, 6.45) is 1.57. The number of benzene rings is 1. The minimum absolute atomic E-state index is 0.0548. The number of hydrogen-bond donors (Lipinski definition) is 2.